The molecule has 1 aliphatic heterocycles. The quantitative estimate of drug-likeness (QED) is 0.858. The molecule has 1 amide bonds. The molecule has 0 spiro atoms. The molecule has 3 rings (SSSR count). The molecule has 20 heavy (non-hydrogen) atoms. The molecule has 0 aliphatic carbocycles. The second-order valence-electron chi connectivity index (χ2n) is 4.27. The van der Waals surface area contributed by atoms with E-state index in [-0.39, 0.29) is 24.1 Å². The van der Waals surface area contributed by atoms with Gasteiger partial charge in [0.2, 0.25) is 11.0 Å². The summed E-state index contributed by atoms with van der Waals surface area (Å²) in [4.78, 5) is 13.7. The summed E-state index contributed by atoms with van der Waals surface area (Å²) in [5, 5.41) is 2.59. The van der Waals surface area contributed by atoms with E-state index in [1.807, 2.05) is 17.5 Å². The Bertz CT molecular complexity index is 692. The number of carbonyl (C=O) groups excluding carboxylic acids is 1. The highest BCUT2D eigenvalue weighted by atomic mass is 32.2. The zero-order chi connectivity index (χ0) is 14.2. The Morgan fingerprint density at radius 2 is 2.05 bits per heavy atom. The third-order valence-electron chi connectivity index (χ3n) is 3.05. The molecular formula is C12H12N2O4S2. The highest BCUT2D eigenvalue weighted by molar-refractivity contribution is 7.89. The third kappa shape index (κ3) is 2.26. The minimum absolute atomic E-state index is 0.130. The fourth-order valence-corrected chi connectivity index (χ4v) is 4.11. The van der Waals surface area contributed by atoms with Crippen LogP contribution in [-0.2, 0) is 14.8 Å². The lowest BCUT2D eigenvalue weighted by Gasteiger charge is -2.32. The van der Waals surface area contributed by atoms with Crippen molar-refractivity contribution in [1.82, 2.24) is 4.31 Å². The van der Waals surface area contributed by atoms with Crippen LogP contribution in [0.1, 0.15) is 0 Å². The second-order valence-corrected chi connectivity index (χ2v) is 7.06. The van der Waals surface area contributed by atoms with Crippen LogP contribution >= 0.6 is 11.3 Å². The van der Waals surface area contributed by atoms with E-state index in [0.717, 1.165) is 9.31 Å². The molecule has 2 aromatic heterocycles. The largest absolute Gasteiger partial charge is 0.452 e. The van der Waals surface area contributed by atoms with Gasteiger partial charge >= 0.3 is 0 Å². The predicted molar refractivity (Wildman–Crippen MR) is 74.1 cm³/mol. The van der Waals surface area contributed by atoms with Crippen LogP contribution in [0.3, 0.4) is 0 Å². The molecule has 0 aromatic carbocycles. The number of furan rings is 1. The van der Waals surface area contributed by atoms with Crippen LogP contribution in [0.25, 0.3) is 0 Å². The second kappa shape index (κ2) is 5.04. The van der Waals surface area contributed by atoms with E-state index in [2.05, 4.69) is 0 Å². The Morgan fingerprint density at radius 1 is 1.20 bits per heavy atom. The molecule has 0 unspecified atom stereocenters. The van der Waals surface area contributed by atoms with Crippen molar-refractivity contribution in [1.29, 1.82) is 0 Å². The molecule has 1 fully saturated rings. The first-order valence-electron chi connectivity index (χ1n) is 5.96. The Kier molecular flexibility index (Phi) is 3.36. The van der Waals surface area contributed by atoms with Gasteiger partial charge in [-0.2, -0.15) is 4.31 Å². The predicted octanol–water partition coefficient (Wildman–Crippen LogP) is 1.38. The normalized spacial score (nSPS) is 17.6. The van der Waals surface area contributed by atoms with E-state index in [1.165, 1.54) is 29.7 Å². The standard InChI is InChI=1S/C12H12N2O4S2/c15-10-9-13(20(16,17)12-4-1-7-18-12)5-6-14(10)11-3-2-8-19-11/h1-4,7-8H,5-6,9H2. The van der Waals surface area contributed by atoms with Crippen molar-refractivity contribution in [3.05, 3.63) is 35.9 Å². The number of sulfonamides is 1. The Morgan fingerprint density at radius 3 is 2.65 bits per heavy atom. The summed E-state index contributed by atoms with van der Waals surface area (Å²) in [5.41, 5.74) is 0. The van der Waals surface area contributed by atoms with Gasteiger partial charge in [-0.1, -0.05) is 0 Å². The molecule has 0 saturated carbocycles. The van der Waals surface area contributed by atoms with Crippen LogP contribution in [0, 0.1) is 0 Å². The first kappa shape index (κ1) is 13.3. The van der Waals surface area contributed by atoms with Gasteiger partial charge in [0, 0.05) is 13.1 Å². The summed E-state index contributed by atoms with van der Waals surface area (Å²) in [5.74, 6) is -0.228. The first-order chi connectivity index (χ1) is 9.59. The van der Waals surface area contributed by atoms with E-state index < -0.39 is 10.0 Å². The lowest BCUT2D eigenvalue weighted by Crippen LogP contribution is -2.52. The summed E-state index contributed by atoms with van der Waals surface area (Å²) >= 11 is 1.46. The SMILES string of the molecule is O=C1CN(S(=O)(=O)c2ccco2)CCN1c1cccs1. The maximum atomic E-state index is 12.3. The van der Waals surface area contributed by atoms with Crippen LogP contribution in [0.2, 0.25) is 0 Å². The van der Waals surface area contributed by atoms with Crippen LogP contribution < -0.4 is 4.90 Å². The molecule has 0 bridgehead atoms. The van der Waals surface area contributed by atoms with E-state index in [9.17, 15) is 13.2 Å². The zero-order valence-corrected chi connectivity index (χ0v) is 12.1. The molecule has 3 heterocycles. The number of rotatable bonds is 3. The molecule has 0 radical (unpaired) electrons. The summed E-state index contributed by atoms with van der Waals surface area (Å²) in [7, 11) is -3.72. The van der Waals surface area contributed by atoms with Crippen molar-refractivity contribution in [2.45, 2.75) is 5.09 Å². The molecule has 8 heteroatoms. The Labute approximate surface area is 120 Å². The monoisotopic (exact) mass is 312 g/mol. The van der Waals surface area contributed by atoms with Crippen molar-refractivity contribution in [3.8, 4) is 0 Å². The van der Waals surface area contributed by atoms with Gasteiger partial charge in [-0.3, -0.25) is 4.79 Å². The Hall–Kier alpha value is -1.64. The number of carbonyl (C=O) groups is 1. The van der Waals surface area contributed by atoms with Gasteiger partial charge in [0.05, 0.1) is 17.8 Å². The number of thiophene rings is 1. The van der Waals surface area contributed by atoms with Gasteiger partial charge in [0.25, 0.3) is 10.0 Å². The van der Waals surface area contributed by atoms with Gasteiger partial charge in [-0.25, -0.2) is 8.42 Å². The van der Waals surface area contributed by atoms with Gasteiger partial charge in [-0.05, 0) is 29.6 Å². The third-order valence-corrected chi connectivity index (χ3v) is 5.67. The molecular weight excluding hydrogens is 300 g/mol. The molecule has 0 atom stereocenters. The molecule has 1 saturated heterocycles. The number of hydrogen-bond acceptors (Lipinski definition) is 5. The van der Waals surface area contributed by atoms with E-state index in [4.69, 9.17) is 4.42 Å². The minimum atomic E-state index is -3.72. The summed E-state index contributed by atoms with van der Waals surface area (Å²) in [6, 6.07) is 6.60. The van der Waals surface area contributed by atoms with Crippen molar-refractivity contribution in [2.24, 2.45) is 0 Å². The lowest BCUT2D eigenvalue weighted by atomic mass is 10.3. The average Bonchev–Trinajstić information content (AvgIpc) is 3.12. The van der Waals surface area contributed by atoms with Crippen LogP contribution in [0.5, 0.6) is 0 Å². The average molecular weight is 312 g/mol. The first-order valence-corrected chi connectivity index (χ1v) is 8.28. The fourth-order valence-electron chi connectivity index (χ4n) is 2.05. The van der Waals surface area contributed by atoms with Crippen LogP contribution in [0.4, 0.5) is 5.00 Å². The molecule has 1 aliphatic rings. The van der Waals surface area contributed by atoms with Gasteiger partial charge in [0.1, 0.15) is 0 Å². The number of amides is 1. The number of piperazine rings is 1. The van der Waals surface area contributed by atoms with E-state index in [0.29, 0.717) is 6.54 Å². The van der Waals surface area contributed by atoms with Crippen LogP contribution in [-0.4, -0.2) is 38.3 Å². The van der Waals surface area contributed by atoms with Crippen molar-refractivity contribution in [2.75, 3.05) is 24.5 Å². The summed E-state index contributed by atoms with van der Waals surface area (Å²) < 4.78 is 30.6. The highest BCUT2D eigenvalue weighted by Crippen LogP contribution is 2.25. The van der Waals surface area contributed by atoms with Crippen LogP contribution in [0.15, 0.2) is 45.4 Å². The van der Waals surface area contributed by atoms with Gasteiger partial charge in [0.15, 0.2) is 0 Å². The molecule has 6 nitrogen and oxygen atoms in total. The molecule has 0 N–H and O–H groups in total. The smallest absolute Gasteiger partial charge is 0.276 e. The minimum Gasteiger partial charge on any atom is -0.452 e. The summed E-state index contributed by atoms with van der Waals surface area (Å²) in [6.07, 6.45) is 1.30. The Balaban J connectivity index is 1.79. The maximum absolute atomic E-state index is 12.3. The molecule has 106 valence electrons. The highest BCUT2D eigenvalue weighted by Gasteiger charge is 2.34. The molecule has 2 aromatic rings. The topological polar surface area (TPSA) is 70.8 Å². The van der Waals surface area contributed by atoms with Gasteiger partial charge in [-0.15, -0.1) is 11.3 Å². The van der Waals surface area contributed by atoms with E-state index >= 15 is 0 Å². The number of hydrogen-bond donors (Lipinski definition) is 0. The van der Waals surface area contributed by atoms with Crippen molar-refractivity contribution >= 4 is 32.3 Å². The number of nitrogens with zero attached hydrogens (tertiary/aromatic N) is 2. The van der Waals surface area contributed by atoms with Crippen molar-refractivity contribution < 1.29 is 17.6 Å². The number of anilines is 1. The van der Waals surface area contributed by atoms with E-state index in [1.54, 1.807) is 4.90 Å². The lowest BCUT2D eigenvalue weighted by molar-refractivity contribution is -0.119. The zero-order valence-electron chi connectivity index (χ0n) is 10.4. The fraction of sp³-hybridized carbons (Fsp3) is 0.250. The van der Waals surface area contributed by atoms with Gasteiger partial charge < -0.3 is 9.32 Å². The summed E-state index contributed by atoms with van der Waals surface area (Å²) in [6.45, 7) is 0.437. The van der Waals surface area contributed by atoms with Crippen molar-refractivity contribution in [3.63, 3.8) is 0 Å². The maximum Gasteiger partial charge on any atom is 0.276 e.